The van der Waals surface area contributed by atoms with Gasteiger partial charge in [0, 0.05) is 30.6 Å². The summed E-state index contributed by atoms with van der Waals surface area (Å²) in [7, 11) is 0. The number of rotatable bonds is 9. The van der Waals surface area contributed by atoms with E-state index in [9.17, 15) is 43.8 Å². The van der Waals surface area contributed by atoms with Crippen molar-refractivity contribution in [2.45, 2.75) is 49.9 Å². The van der Waals surface area contributed by atoms with Gasteiger partial charge >= 0.3 is 11.9 Å². The Balaban J connectivity index is 2.33. The second-order valence-corrected chi connectivity index (χ2v) is 10.3. The normalized spacial score (nSPS) is 22.8. The average Bonchev–Trinajstić information content (AvgIpc) is 3.44. The predicted molar refractivity (Wildman–Crippen MR) is 150 cm³/mol. The smallest absolute Gasteiger partial charge is 0.327 e. The van der Waals surface area contributed by atoms with Crippen LogP contribution in [0.5, 0.6) is 0 Å². The summed E-state index contributed by atoms with van der Waals surface area (Å²) in [6, 6.07) is -5.61. The maximum atomic E-state index is 13.3. The van der Waals surface area contributed by atoms with Crippen molar-refractivity contribution in [3.05, 3.63) is 18.2 Å². The summed E-state index contributed by atoms with van der Waals surface area (Å²) in [6.45, 7) is -0.591. The van der Waals surface area contributed by atoms with Crippen LogP contribution in [0.3, 0.4) is 0 Å². The van der Waals surface area contributed by atoms with E-state index < -0.39 is 78.6 Å². The number of nitrogens with two attached hydrogens (primary N) is 2. The third-order valence-electron chi connectivity index (χ3n) is 5.79. The van der Waals surface area contributed by atoms with Crippen LogP contribution in [0.15, 0.2) is 17.5 Å². The molecule has 1 saturated heterocycles. The van der Waals surface area contributed by atoms with E-state index in [0.29, 0.717) is 5.69 Å². The van der Waals surface area contributed by atoms with Gasteiger partial charge in [0.15, 0.2) is 5.96 Å². The molecule has 0 spiro atoms. The van der Waals surface area contributed by atoms with E-state index in [1.54, 1.807) is 0 Å². The summed E-state index contributed by atoms with van der Waals surface area (Å²) in [5, 5.41) is 30.4. The minimum atomic E-state index is -1.67. The number of imidazole rings is 1. The van der Waals surface area contributed by atoms with Gasteiger partial charge in [-0.3, -0.25) is 33.8 Å². The van der Waals surface area contributed by atoms with Gasteiger partial charge in [-0.15, -0.1) is 11.8 Å². The number of aromatic nitrogens is 2. The van der Waals surface area contributed by atoms with E-state index in [1.807, 2.05) is 0 Å². The zero-order chi connectivity index (χ0) is 31.9. The van der Waals surface area contributed by atoms with Crippen LogP contribution in [0.25, 0.3) is 0 Å². The Morgan fingerprint density at radius 1 is 0.953 bits per heavy atom. The molecule has 4 atom stereocenters. The molecule has 43 heavy (non-hydrogen) atoms. The highest BCUT2D eigenvalue weighted by atomic mass is 32.2. The lowest BCUT2D eigenvalue weighted by Crippen LogP contribution is -2.57. The first-order valence-corrected chi connectivity index (χ1v) is 14.0. The molecule has 1 aliphatic rings. The van der Waals surface area contributed by atoms with Crippen LogP contribution in [0, 0.1) is 0 Å². The summed E-state index contributed by atoms with van der Waals surface area (Å²) in [4.78, 5) is 97.8. The second kappa shape index (κ2) is 17.2. The van der Waals surface area contributed by atoms with E-state index in [-0.39, 0.29) is 43.3 Å². The molecule has 20 heteroatoms. The number of amides is 5. The van der Waals surface area contributed by atoms with Crippen LogP contribution in [-0.2, 0) is 40.0 Å². The van der Waals surface area contributed by atoms with Crippen molar-refractivity contribution in [2.24, 2.45) is 16.5 Å². The van der Waals surface area contributed by atoms with Crippen molar-refractivity contribution in [2.75, 3.05) is 24.6 Å². The maximum Gasteiger partial charge on any atom is 0.327 e. The molecule has 12 N–H and O–H groups in total. The molecule has 5 amide bonds. The minimum Gasteiger partial charge on any atom is -0.481 e. The lowest BCUT2D eigenvalue weighted by Gasteiger charge is -2.24. The third kappa shape index (κ3) is 12.7. The summed E-state index contributed by atoms with van der Waals surface area (Å²) in [5.74, 6) is -7.95. The lowest BCUT2D eigenvalue weighted by atomic mass is 10.1. The molecule has 1 fully saturated rings. The molecule has 0 aromatic carbocycles. The molecular formula is C23H34N10O9S. The Morgan fingerprint density at radius 3 is 2.28 bits per heavy atom. The van der Waals surface area contributed by atoms with Crippen LogP contribution in [0.2, 0.25) is 0 Å². The fourth-order valence-electron chi connectivity index (χ4n) is 3.74. The summed E-state index contributed by atoms with van der Waals surface area (Å²) in [5.41, 5.74) is 11.1. The van der Waals surface area contributed by atoms with Gasteiger partial charge in [-0.25, -0.2) is 9.78 Å². The highest BCUT2D eigenvalue weighted by molar-refractivity contribution is 8.00. The van der Waals surface area contributed by atoms with Crippen LogP contribution in [-0.4, -0.2) is 116 Å². The minimum absolute atomic E-state index is 0.0250. The Labute approximate surface area is 248 Å². The molecular weight excluding hydrogens is 592 g/mol. The molecule has 1 aliphatic heterocycles. The monoisotopic (exact) mass is 626 g/mol. The maximum absolute atomic E-state index is 13.3. The molecule has 236 valence electrons. The highest BCUT2D eigenvalue weighted by Crippen LogP contribution is 2.08. The molecule has 0 saturated carbocycles. The topological polar surface area (TPSA) is 313 Å². The quantitative estimate of drug-likeness (QED) is 0.0701. The van der Waals surface area contributed by atoms with Gasteiger partial charge in [0.2, 0.25) is 29.5 Å². The summed E-state index contributed by atoms with van der Waals surface area (Å²) >= 11 is 0.827. The van der Waals surface area contributed by atoms with Gasteiger partial charge in [0.05, 0.1) is 25.0 Å². The number of guanidine groups is 1. The Kier molecular flexibility index (Phi) is 13.7. The Morgan fingerprint density at radius 2 is 1.65 bits per heavy atom. The van der Waals surface area contributed by atoms with E-state index in [1.165, 1.54) is 12.5 Å². The molecule has 0 radical (unpaired) electrons. The molecule has 1 aromatic rings. The number of aliphatic imine (C=N–C) groups is 1. The van der Waals surface area contributed by atoms with Gasteiger partial charge < -0.3 is 53.2 Å². The largest absolute Gasteiger partial charge is 0.481 e. The van der Waals surface area contributed by atoms with Gasteiger partial charge in [-0.2, -0.15) is 0 Å². The van der Waals surface area contributed by atoms with Crippen LogP contribution in [0.1, 0.15) is 25.0 Å². The third-order valence-corrected chi connectivity index (χ3v) is 6.83. The van der Waals surface area contributed by atoms with E-state index in [4.69, 9.17) is 11.5 Å². The number of carbonyl (C=O) groups excluding carboxylic acids is 5. The number of nitrogens with zero attached hydrogens (tertiary/aromatic N) is 2. The zero-order valence-corrected chi connectivity index (χ0v) is 23.6. The fraction of sp³-hybridized carbons (Fsp3) is 0.522. The van der Waals surface area contributed by atoms with Crippen molar-refractivity contribution in [3.63, 3.8) is 0 Å². The van der Waals surface area contributed by atoms with E-state index in [0.717, 1.165) is 11.8 Å². The number of aliphatic carboxylic acids is 2. The van der Waals surface area contributed by atoms with Crippen molar-refractivity contribution < 1.29 is 43.8 Å². The number of hydrogen-bond donors (Lipinski definition) is 10. The summed E-state index contributed by atoms with van der Waals surface area (Å²) < 4.78 is 0. The second-order valence-electron chi connectivity index (χ2n) is 9.26. The summed E-state index contributed by atoms with van der Waals surface area (Å²) in [6.07, 6.45) is 2.16. The van der Waals surface area contributed by atoms with Crippen molar-refractivity contribution >= 4 is 59.2 Å². The van der Waals surface area contributed by atoms with Crippen LogP contribution < -0.4 is 38.1 Å². The molecule has 0 unspecified atom stereocenters. The first-order chi connectivity index (χ1) is 20.3. The van der Waals surface area contributed by atoms with Gasteiger partial charge in [-0.05, 0) is 12.8 Å². The van der Waals surface area contributed by atoms with Crippen molar-refractivity contribution in [1.29, 1.82) is 0 Å². The van der Waals surface area contributed by atoms with Crippen molar-refractivity contribution in [1.82, 2.24) is 36.6 Å². The predicted octanol–water partition coefficient (Wildman–Crippen LogP) is -4.63. The number of nitrogens with one attached hydrogen (secondary N) is 6. The fourth-order valence-corrected chi connectivity index (χ4v) is 4.59. The molecule has 0 bridgehead atoms. The highest BCUT2D eigenvalue weighted by Gasteiger charge is 2.31. The molecule has 1 aromatic heterocycles. The number of carboxylic acid groups (broad SMARTS) is 2. The SMILES string of the molecule is NC(N)=NCCC[C@@H]1NC(=O)[C@@H](Cc2cnc[nH]2)NC(=O)CSC[C@@H](C(=O)O)NC(=O)[C@H](CC(=O)O)NC(=O)CNC1=O. The lowest BCUT2D eigenvalue weighted by molar-refractivity contribution is -0.143. The number of carboxylic acids is 2. The first kappa shape index (κ1) is 34.3. The Hall–Kier alpha value is -4.88. The standard InChI is InChI=1S/C23H34N10O9S/c24-23(25)27-3-1-2-12-19(38)28-7-16(34)30-14(5-18(36)37)21(40)33-15(22(41)42)8-43-9-17(35)31-13(20(39)32-12)4-11-6-26-10-29-11/h6,10,12-15H,1-5,7-9H2,(H,26,29)(H,28,38)(H,30,34)(H,31,35)(H,32,39)(H,33,40)(H,36,37)(H,41,42)(H4,24,25,27)/t12-,13+,14-,15-/m0/s1. The van der Waals surface area contributed by atoms with Gasteiger partial charge in [0.1, 0.15) is 24.2 Å². The number of hydrogen-bond acceptors (Lipinski definition) is 10. The zero-order valence-electron chi connectivity index (χ0n) is 22.8. The van der Waals surface area contributed by atoms with Crippen LogP contribution >= 0.6 is 11.8 Å². The molecule has 2 rings (SSSR count). The van der Waals surface area contributed by atoms with Gasteiger partial charge in [-0.1, -0.05) is 0 Å². The van der Waals surface area contributed by atoms with Crippen molar-refractivity contribution in [3.8, 4) is 0 Å². The number of carbonyl (C=O) groups is 7. The molecule has 0 aliphatic carbocycles. The average molecular weight is 627 g/mol. The van der Waals surface area contributed by atoms with E-state index >= 15 is 0 Å². The number of thioether (sulfide) groups is 1. The first-order valence-electron chi connectivity index (χ1n) is 12.9. The molecule has 19 nitrogen and oxygen atoms in total. The number of H-pyrrole nitrogens is 1. The number of aromatic amines is 1. The van der Waals surface area contributed by atoms with E-state index in [2.05, 4.69) is 41.5 Å². The van der Waals surface area contributed by atoms with Gasteiger partial charge in [0.25, 0.3) is 0 Å². The molecule has 2 heterocycles. The Bertz CT molecular complexity index is 1210. The van der Waals surface area contributed by atoms with Crippen LogP contribution in [0.4, 0.5) is 0 Å².